The van der Waals surface area contributed by atoms with Gasteiger partial charge in [0.2, 0.25) is 0 Å². The SMILES string of the molecule is COC(=O)[C@@H](CCN1CCN(Cc2ccc(F)c(C)c2)CC1)C[C@@H](OC)c1ccc(F)cc1. The molecule has 1 aliphatic heterocycles. The van der Waals surface area contributed by atoms with Gasteiger partial charge in [0.15, 0.2) is 0 Å². The second-order valence-electron chi connectivity index (χ2n) is 8.72. The van der Waals surface area contributed by atoms with Gasteiger partial charge in [0.05, 0.1) is 19.1 Å². The summed E-state index contributed by atoms with van der Waals surface area (Å²) in [6, 6.07) is 11.5. The Hall–Kier alpha value is -2.35. The Balaban J connectivity index is 1.50. The molecule has 0 saturated carbocycles. The number of carbonyl (C=O) groups is 1. The lowest BCUT2D eigenvalue weighted by molar-refractivity contribution is -0.147. The largest absolute Gasteiger partial charge is 0.469 e. The van der Waals surface area contributed by atoms with Crippen LogP contribution in [-0.4, -0.2) is 62.7 Å². The fourth-order valence-electron chi connectivity index (χ4n) is 4.38. The standard InChI is InChI=1S/C26H34F2N2O3/c1-19-16-20(4-9-24(19)28)18-30-14-12-29(13-15-30)11-10-22(26(31)33-3)17-25(32-2)21-5-7-23(27)8-6-21/h4-9,16,22,25H,10-15,17-18H2,1-3H3/t22-,25+/m0/s1. The van der Waals surface area contributed by atoms with Crippen molar-refractivity contribution in [3.63, 3.8) is 0 Å². The van der Waals surface area contributed by atoms with Gasteiger partial charge >= 0.3 is 5.97 Å². The van der Waals surface area contributed by atoms with E-state index in [0.29, 0.717) is 18.4 Å². The Bertz CT molecular complexity index is 899. The molecule has 1 aliphatic rings. The number of rotatable bonds is 10. The third kappa shape index (κ3) is 7.32. The van der Waals surface area contributed by atoms with Crippen LogP contribution in [0.4, 0.5) is 8.78 Å². The summed E-state index contributed by atoms with van der Waals surface area (Å²) in [5.74, 6) is -1.01. The Morgan fingerprint density at radius 2 is 1.67 bits per heavy atom. The molecule has 180 valence electrons. The van der Waals surface area contributed by atoms with E-state index in [9.17, 15) is 13.6 Å². The summed E-state index contributed by atoms with van der Waals surface area (Å²) in [6.07, 6.45) is 0.856. The van der Waals surface area contributed by atoms with E-state index in [0.717, 1.165) is 50.4 Å². The molecule has 3 rings (SSSR count). The molecule has 1 heterocycles. The zero-order valence-corrected chi connectivity index (χ0v) is 19.7. The minimum Gasteiger partial charge on any atom is -0.469 e. The van der Waals surface area contributed by atoms with Gasteiger partial charge in [-0.05, 0) is 61.2 Å². The predicted molar refractivity (Wildman–Crippen MR) is 124 cm³/mol. The molecule has 0 bridgehead atoms. The van der Waals surface area contributed by atoms with Crippen LogP contribution in [0.1, 0.15) is 35.6 Å². The van der Waals surface area contributed by atoms with Crippen molar-refractivity contribution in [2.45, 2.75) is 32.4 Å². The van der Waals surface area contributed by atoms with E-state index in [-0.39, 0.29) is 29.6 Å². The number of carbonyl (C=O) groups excluding carboxylic acids is 1. The number of hydrogen-bond acceptors (Lipinski definition) is 5. The molecule has 33 heavy (non-hydrogen) atoms. The van der Waals surface area contributed by atoms with Crippen molar-refractivity contribution < 1.29 is 23.0 Å². The first-order valence-corrected chi connectivity index (χ1v) is 11.5. The summed E-state index contributed by atoms with van der Waals surface area (Å²) in [5.41, 5.74) is 2.65. The summed E-state index contributed by atoms with van der Waals surface area (Å²) in [4.78, 5) is 17.2. The van der Waals surface area contributed by atoms with Gasteiger partial charge in [0.25, 0.3) is 0 Å². The Morgan fingerprint density at radius 3 is 2.27 bits per heavy atom. The van der Waals surface area contributed by atoms with Crippen LogP contribution in [0.2, 0.25) is 0 Å². The maximum Gasteiger partial charge on any atom is 0.308 e. The van der Waals surface area contributed by atoms with E-state index in [1.807, 2.05) is 12.1 Å². The molecule has 0 aliphatic carbocycles. The van der Waals surface area contributed by atoms with Crippen LogP contribution < -0.4 is 0 Å². The van der Waals surface area contributed by atoms with Crippen LogP contribution in [0.25, 0.3) is 0 Å². The number of ether oxygens (including phenoxy) is 2. The first-order valence-electron chi connectivity index (χ1n) is 11.5. The molecule has 2 aromatic carbocycles. The smallest absolute Gasteiger partial charge is 0.308 e. The molecule has 0 N–H and O–H groups in total. The summed E-state index contributed by atoms with van der Waals surface area (Å²) < 4.78 is 37.4. The summed E-state index contributed by atoms with van der Waals surface area (Å²) >= 11 is 0. The van der Waals surface area contributed by atoms with E-state index in [1.54, 1.807) is 26.2 Å². The Kier molecular flexibility index (Phi) is 9.35. The van der Waals surface area contributed by atoms with Crippen molar-refractivity contribution in [3.05, 3.63) is 70.8 Å². The highest BCUT2D eigenvalue weighted by atomic mass is 19.1. The number of hydrogen-bond donors (Lipinski definition) is 0. The van der Waals surface area contributed by atoms with E-state index in [1.165, 1.54) is 25.3 Å². The lowest BCUT2D eigenvalue weighted by atomic mass is 9.93. The van der Waals surface area contributed by atoms with E-state index in [2.05, 4.69) is 9.80 Å². The third-order valence-corrected chi connectivity index (χ3v) is 6.45. The van der Waals surface area contributed by atoms with Gasteiger partial charge in [-0.15, -0.1) is 0 Å². The van der Waals surface area contributed by atoms with Gasteiger partial charge in [-0.1, -0.05) is 24.3 Å². The lowest BCUT2D eigenvalue weighted by Crippen LogP contribution is -2.46. The number of nitrogens with zero attached hydrogens (tertiary/aromatic N) is 2. The number of aryl methyl sites for hydroxylation is 1. The number of esters is 1. The highest BCUT2D eigenvalue weighted by Gasteiger charge is 2.26. The summed E-state index contributed by atoms with van der Waals surface area (Å²) in [7, 11) is 3.01. The van der Waals surface area contributed by atoms with Crippen LogP contribution in [0, 0.1) is 24.5 Å². The van der Waals surface area contributed by atoms with Crippen LogP contribution in [0.3, 0.4) is 0 Å². The molecular weight excluding hydrogens is 426 g/mol. The molecule has 1 saturated heterocycles. The van der Waals surface area contributed by atoms with Crippen LogP contribution >= 0.6 is 0 Å². The molecule has 0 unspecified atom stereocenters. The first-order chi connectivity index (χ1) is 15.9. The maximum atomic E-state index is 13.5. The fraction of sp³-hybridized carbons (Fsp3) is 0.500. The van der Waals surface area contributed by atoms with Gasteiger partial charge < -0.3 is 14.4 Å². The van der Waals surface area contributed by atoms with Crippen molar-refractivity contribution in [1.82, 2.24) is 9.80 Å². The number of halogens is 2. The summed E-state index contributed by atoms with van der Waals surface area (Å²) in [5, 5.41) is 0. The van der Waals surface area contributed by atoms with Crippen LogP contribution in [0.15, 0.2) is 42.5 Å². The lowest BCUT2D eigenvalue weighted by Gasteiger charge is -2.35. The van der Waals surface area contributed by atoms with E-state index in [4.69, 9.17) is 9.47 Å². The highest BCUT2D eigenvalue weighted by Crippen LogP contribution is 2.27. The van der Waals surface area contributed by atoms with Gasteiger partial charge in [0.1, 0.15) is 11.6 Å². The average Bonchev–Trinajstić information content (AvgIpc) is 2.83. The molecular formula is C26H34F2N2O3. The maximum absolute atomic E-state index is 13.5. The normalized spacial score (nSPS) is 17.0. The minimum atomic E-state index is -0.301. The molecule has 7 heteroatoms. The second-order valence-corrected chi connectivity index (χ2v) is 8.72. The van der Waals surface area contributed by atoms with Crippen LogP contribution in [0.5, 0.6) is 0 Å². The zero-order chi connectivity index (χ0) is 23.8. The van der Waals surface area contributed by atoms with Crippen LogP contribution in [-0.2, 0) is 20.8 Å². The van der Waals surface area contributed by atoms with Crippen molar-refractivity contribution >= 4 is 5.97 Å². The molecule has 0 spiro atoms. The van der Waals surface area contributed by atoms with Gasteiger partial charge in [-0.2, -0.15) is 0 Å². The molecule has 0 amide bonds. The second kappa shape index (κ2) is 12.2. The van der Waals surface area contributed by atoms with Crippen molar-refractivity contribution in [2.24, 2.45) is 5.92 Å². The van der Waals surface area contributed by atoms with Crippen molar-refractivity contribution in [1.29, 1.82) is 0 Å². The number of piperazine rings is 1. The monoisotopic (exact) mass is 460 g/mol. The fourth-order valence-corrected chi connectivity index (χ4v) is 4.38. The number of methoxy groups -OCH3 is 2. The van der Waals surface area contributed by atoms with Crippen molar-refractivity contribution in [2.75, 3.05) is 46.9 Å². The molecule has 2 aromatic rings. The Morgan fingerprint density at radius 1 is 1.00 bits per heavy atom. The zero-order valence-electron chi connectivity index (χ0n) is 19.7. The predicted octanol–water partition coefficient (Wildman–Crippen LogP) is 4.35. The number of benzene rings is 2. The average molecular weight is 461 g/mol. The van der Waals surface area contributed by atoms with E-state index >= 15 is 0 Å². The topological polar surface area (TPSA) is 42.0 Å². The van der Waals surface area contributed by atoms with Gasteiger partial charge in [0, 0.05) is 39.8 Å². The molecule has 1 fully saturated rings. The third-order valence-electron chi connectivity index (χ3n) is 6.45. The quantitative estimate of drug-likeness (QED) is 0.493. The molecule has 0 radical (unpaired) electrons. The van der Waals surface area contributed by atoms with E-state index < -0.39 is 0 Å². The van der Waals surface area contributed by atoms with Gasteiger partial charge in [-0.3, -0.25) is 9.69 Å². The molecule has 0 aromatic heterocycles. The van der Waals surface area contributed by atoms with Crippen molar-refractivity contribution in [3.8, 4) is 0 Å². The highest BCUT2D eigenvalue weighted by molar-refractivity contribution is 5.72. The molecule has 2 atom stereocenters. The summed E-state index contributed by atoms with van der Waals surface area (Å²) in [6.45, 7) is 7.08. The molecule has 5 nitrogen and oxygen atoms in total. The minimum absolute atomic E-state index is 0.168. The Labute approximate surface area is 195 Å². The first kappa shape index (κ1) is 25.3. The van der Waals surface area contributed by atoms with Gasteiger partial charge in [-0.25, -0.2) is 8.78 Å².